The summed E-state index contributed by atoms with van der Waals surface area (Å²) >= 11 is 0. The van der Waals surface area contributed by atoms with Gasteiger partial charge in [0.25, 0.3) is 0 Å². The van der Waals surface area contributed by atoms with Crippen molar-refractivity contribution in [3.05, 3.63) is 6.20 Å². The quantitative estimate of drug-likeness (QED) is 0.844. The van der Waals surface area contributed by atoms with E-state index in [9.17, 15) is 8.42 Å². The fraction of sp³-hybridized carbons (Fsp3) is 0.750. The minimum absolute atomic E-state index is 0.00419. The topological polar surface area (TPSA) is 88.1 Å². The molecule has 0 bridgehead atoms. The second-order valence-electron chi connectivity index (χ2n) is 5.40. The maximum Gasteiger partial charge on any atom is 0.244 e. The summed E-state index contributed by atoms with van der Waals surface area (Å²) in [6.07, 6.45) is 4.55. The third kappa shape index (κ3) is 3.00. The second kappa shape index (κ2) is 5.16. The average Bonchev–Trinajstić information content (AvgIpc) is 3.14. The van der Waals surface area contributed by atoms with Crippen LogP contribution in [0.2, 0.25) is 0 Å². The van der Waals surface area contributed by atoms with E-state index in [1.165, 1.54) is 0 Å². The molecule has 1 saturated heterocycles. The minimum Gasteiger partial charge on any atom is -0.351 e. The number of sulfone groups is 1. The molecule has 0 spiro atoms. The molecule has 0 aromatic carbocycles. The summed E-state index contributed by atoms with van der Waals surface area (Å²) in [7, 11) is -2.90. The Morgan fingerprint density at radius 3 is 2.80 bits per heavy atom. The maximum absolute atomic E-state index is 11.6. The van der Waals surface area contributed by atoms with Crippen LogP contribution in [0.1, 0.15) is 26.2 Å². The van der Waals surface area contributed by atoms with Gasteiger partial charge in [-0.15, -0.1) is 5.10 Å². The highest BCUT2D eigenvalue weighted by atomic mass is 32.2. The lowest BCUT2D eigenvalue weighted by Gasteiger charge is -2.27. The van der Waals surface area contributed by atoms with E-state index in [1.54, 1.807) is 6.20 Å². The van der Waals surface area contributed by atoms with Crippen LogP contribution in [0.15, 0.2) is 6.20 Å². The molecular weight excluding hydrogens is 278 g/mol. The molecule has 1 N–H and O–H groups in total. The molecule has 1 aliphatic carbocycles. The monoisotopic (exact) mass is 297 g/mol. The van der Waals surface area contributed by atoms with Gasteiger partial charge in [-0.2, -0.15) is 10.1 Å². The molecule has 110 valence electrons. The largest absolute Gasteiger partial charge is 0.351 e. The first-order chi connectivity index (χ1) is 9.57. The Labute approximate surface area is 118 Å². The number of hydrogen-bond acceptors (Lipinski definition) is 7. The Kier molecular flexibility index (Phi) is 3.49. The number of anilines is 2. The van der Waals surface area contributed by atoms with E-state index >= 15 is 0 Å². The van der Waals surface area contributed by atoms with Crippen LogP contribution in [-0.4, -0.2) is 53.7 Å². The van der Waals surface area contributed by atoms with E-state index in [2.05, 4.69) is 20.5 Å². The molecule has 1 aliphatic heterocycles. The van der Waals surface area contributed by atoms with Gasteiger partial charge in [-0.3, -0.25) is 0 Å². The van der Waals surface area contributed by atoms with E-state index in [4.69, 9.17) is 0 Å². The van der Waals surface area contributed by atoms with Crippen LogP contribution in [0.4, 0.5) is 11.8 Å². The number of nitrogens with zero attached hydrogens (tertiary/aromatic N) is 4. The molecule has 2 fully saturated rings. The summed E-state index contributed by atoms with van der Waals surface area (Å²) < 4.78 is 23.3. The smallest absolute Gasteiger partial charge is 0.244 e. The first-order valence-corrected chi connectivity index (χ1v) is 8.83. The predicted octanol–water partition coefficient (Wildman–Crippen LogP) is 0.459. The third-order valence-corrected chi connectivity index (χ3v) is 5.49. The molecule has 7 nitrogen and oxygen atoms in total. The Morgan fingerprint density at radius 2 is 2.20 bits per heavy atom. The van der Waals surface area contributed by atoms with Crippen LogP contribution < -0.4 is 10.2 Å². The van der Waals surface area contributed by atoms with Gasteiger partial charge in [-0.25, -0.2) is 8.42 Å². The van der Waals surface area contributed by atoms with Crippen molar-refractivity contribution < 1.29 is 8.42 Å². The number of aromatic nitrogens is 3. The van der Waals surface area contributed by atoms with E-state index in [0.717, 1.165) is 12.8 Å². The van der Waals surface area contributed by atoms with E-state index < -0.39 is 9.84 Å². The molecule has 0 amide bonds. The first-order valence-electron chi connectivity index (χ1n) is 7.01. The SMILES string of the molecule is CCN(c1cnnc(NC2CC2)n1)C1CCS(=O)(=O)C1. The minimum atomic E-state index is -2.90. The molecule has 1 saturated carbocycles. The molecule has 1 unspecified atom stereocenters. The maximum atomic E-state index is 11.6. The lowest BCUT2D eigenvalue weighted by molar-refractivity contribution is 0.599. The molecule has 1 aromatic rings. The molecule has 3 rings (SSSR count). The van der Waals surface area contributed by atoms with Crippen LogP contribution in [0.5, 0.6) is 0 Å². The van der Waals surface area contributed by atoms with Gasteiger partial charge in [0.05, 0.1) is 17.7 Å². The Bertz CT molecular complexity index is 587. The van der Waals surface area contributed by atoms with Crippen molar-refractivity contribution in [1.82, 2.24) is 15.2 Å². The summed E-state index contributed by atoms with van der Waals surface area (Å²) in [5.74, 6) is 1.70. The summed E-state index contributed by atoms with van der Waals surface area (Å²) in [5.41, 5.74) is 0. The molecule has 2 heterocycles. The molecule has 8 heteroatoms. The zero-order valence-electron chi connectivity index (χ0n) is 11.5. The van der Waals surface area contributed by atoms with Gasteiger partial charge in [-0.1, -0.05) is 0 Å². The van der Waals surface area contributed by atoms with E-state index in [-0.39, 0.29) is 17.5 Å². The fourth-order valence-electron chi connectivity index (χ4n) is 2.53. The van der Waals surface area contributed by atoms with Gasteiger partial charge in [0, 0.05) is 18.6 Å². The highest BCUT2D eigenvalue weighted by molar-refractivity contribution is 7.91. The summed E-state index contributed by atoms with van der Waals surface area (Å²) in [6, 6.07) is 0.462. The molecule has 2 aliphatic rings. The van der Waals surface area contributed by atoms with Crippen molar-refractivity contribution in [1.29, 1.82) is 0 Å². The first kappa shape index (κ1) is 13.5. The third-order valence-electron chi connectivity index (χ3n) is 3.74. The van der Waals surface area contributed by atoms with Crippen LogP contribution in [0, 0.1) is 0 Å². The Morgan fingerprint density at radius 1 is 1.40 bits per heavy atom. The second-order valence-corrected chi connectivity index (χ2v) is 7.63. The van der Waals surface area contributed by atoms with E-state index in [0.29, 0.717) is 30.8 Å². The van der Waals surface area contributed by atoms with Crippen LogP contribution in [0.3, 0.4) is 0 Å². The molecular formula is C12H19N5O2S. The van der Waals surface area contributed by atoms with Gasteiger partial charge < -0.3 is 10.2 Å². The zero-order chi connectivity index (χ0) is 14.2. The number of nitrogens with one attached hydrogen (secondary N) is 1. The van der Waals surface area contributed by atoms with Gasteiger partial charge in [0.1, 0.15) is 0 Å². The number of hydrogen-bond donors (Lipinski definition) is 1. The Balaban J connectivity index is 1.78. The summed E-state index contributed by atoms with van der Waals surface area (Å²) in [4.78, 5) is 6.47. The van der Waals surface area contributed by atoms with Gasteiger partial charge in [0.15, 0.2) is 15.7 Å². The number of rotatable bonds is 5. The summed E-state index contributed by atoms with van der Waals surface area (Å²) in [6.45, 7) is 2.71. The average molecular weight is 297 g/mol. The zero-order valence-corrected chi connectivity index (χ0v) is 12.3. The Hall–Kier alpha value is -1.44. The van der Waals surface area contributed by atoms with Gasteiger partial charge in [0.2, 0.25) is 5.95 Å². The molecule has 1 aromatic heterocycles. The van der Waals surface area contributed by atoms with Crippen molar-refractivity contribution in [2.45, 2.75) is 38.3 Å². The van der Waals surface area contributed by atoms with Crippen LogP contribution >= 0.6 is 0 Å². The lowest BCUT2D eigenvalue weighted by atomic mass is 10.2. The van der Waals surface area contributed by atoms with E-state index in [1.807, 2.05) is 11.8 Å². The van der Waals surface area contributed by atoms with Crippen molar-refractivity contribution in [3.63, 3.8) is 0 Å². The highest BCUT2D eigenvalue weighted by Gasteiger charge is 2.32. The lowest BCUT2D eigenvalue weighted by Crippen LogP contribution is -2.37. The fourth-order valence-corrected chi connectivity index (χ4v) is 4.26. The summed E-state index contributed by atoms with van der Waals surface area (Å²) in [5, 5.41) is 11.2. The van der Waals surface area contributed by atoms with Crippen molar-refractivity contribution in [3.8, 4) is 0 Å². The molecule has 1 atom stereocenters. The van der Waals surface area contributed by atoms with Crippen LogP contribution in [-0.2, 0) is 9.84 Å². The van der Waals surface area contributed by atoms with Crippen molar-refractivity contribution in [2.24, 2.45) is 0 Å². The highest BCUT2D eigenvalue weighted by Crippen LogP contribution is 2.25. The van der Waals surface area contributed by atoms with Gasteiger partial charge in [-0.05, 0) is 26.2 Å². The predicted molar refractivity (Wildman–Crippen MR) is 76.6 cm³/mol. The molecule has 0 radical (unpaired) electrons. The normalized spacial score (nSPS) is 24.6. The van der Waals surface area contributed by atoms with Crippen molar-refractivity contribution >= 4 is 21.6 Å². The van der Waals surface area contributed by atoms with Crippen molar-refractivity contribution in [2.75, 3.05) is 28.3 Å². The molecule has 20 heavy (non-hydrogen) atoms. The standard InChI is InChI=1S/C12H19N5O2S/c1-2-17(10-5-6-20(18,19)8-10)11-7-13-16-12(15-11)14-9-3-4-9/h7,9-10H,2-6,8H2,1H3,(H,14,15,16). The van der Waals surface area contributed by atoms with Gasteiger partial charge >= 0.3 is 0 Å². The van der Waals surface area contributed by atoms with Crippen LogP contribution in [0.25, 0.3) is 0 Å².